The summed E-state index contributed by atoms with van der Waals surface area (Å²) in [6.07, 6.45) is -5.46. The summed E-state index contributed by atoms with van der Waals surface area (Å²) in [5, 5.41) is 5.39. The standard InChI is InChI=1S/C20H23F3N4O4/c1-11-9-14(10-16(24-11)26-13(3)28)12(2)25-18(29)15-5-6-17(27-19(15)30-4)31-8-7-20(21,22)23/h5-6,9-10,12H,7-8H2,1-4H3,(H,25,29)(H,24,26,28). The molecule has 0 spiro atoms. The van der Waals surface area contributed by atoms with Gasteiger partial charge in [-0.15, -0.1) is 0 Å². The maximum Gasteiger partial charge on any atom is 0.392 e. The van der Waals surface area contributed by atoms with Gasteiger partial charge in [-0.25, -0.2) is 4.98 Å². The Kier molecular flexibility index (Phi) is 7.78. The number of hydrogen-bond donors (Lipinski definition) is 2. The molecule has 0 bridgehead atoms. The quantitative estimate of drug-likeness (QED) is 0.651. The predicted octanol–water partition coefficient (Wildman–Crippen LogP) is 3.57. The van der Waals surface area contributed by atoms with Crippen molar-refractivity contribution in [3.8, 4) is 11.8 Å². The van der Waals surface area contributed by atoms with Crippen LogP contribution in [0.15, 0.2) is 24.3 Å². The number of halogens is 3. The Morgan fingerprint density at radius 2 is 1.90 bits per heavy atom. The maximum atomic E-state index is 12.7. The minimum atomic E-state index is -4.34. The average molecular weight is 440 g/mol. The fourth-order valence-electron chi connectivity index (χ4n) is 2.65. The first-order valence-electron chi connectivity index (χ1n) is 9.30. The van der Waals surface area contributed by atoms with Crippen molar-refractivity contribution in [1.82, 2.24) is 15.3 Å². The minimum absolute atomic E-state index is 0.0842. The van der Waals surface area contributed by atoms with Gasteiger partial charge in [0.15, 0.2) is 0 Å². The van der Waals surface area contributed by atoms with Crippen LogP contribution in [0.5, 0.6) is 11.8 Å². The van der Waals surface area contributed by atoms with Crippen LogP contribution in [-0.4, -0.2) is 41.7 Å². The molecule has 2 N–H and O–H groups in total. The van der Waals surface area contributed by atoms with E-state index in [-0.39, 0.29) is 23.2 Å². The first kappa shape index (κ1) is 23.9. The van der Waals surface area contributed by atoms with Gasteiger partial charge in [0.2, 0.25) is 17.7 Å². The molecule has 0 fully saturated rings. The Hall–Kier alpha value is -3.37. The van der Waals surface area contributed by atoms with Gasteiger partial charge in [-0.05, 0) is 37.6 Å². The molecule has 2 heterocycles. The lowest BCUT2D eigenvalue weighted by atomic mass is 10.1. The lowest BCUT2D eigenvalue weighted by Crippen LogP contribution is -2.27. The number of ether oxygens (including phenoxy) is 2. The smallest absolute Gasteiger partial charge is 0.392 e. The number of anilines is 1. The van der Waals surface area contributed by atoms with Gasteiger partial charge in [0.1, 0.15) is 11.4 Å². The largest absolute Gasteiger partial charge is 0.480 e. The van der Waals surface area contributed by atoms with Gasteiger partial charge in [0.05, 0.1) is 26.2 Å². The summed E-state index contributed by atoms with van der Waals surface area (Å²) in [4.78, 5) is 32.1. The number of pyridine rings is 2. The van der Waals surface area contributed by atoms with Crippen LogP contribution in [0.25, 0.3) is 0 Å². The minimum Gasteiger partial charge on any atom is -0.480 e. The molecule has 31 heavy (non-hydrogen) atoms. The third-order valence-electron chi connectivity index (χ3n) is 4.04. The van der Waals surface area contributed by atoms with Crippen molar-refractivity contribution >= 4 is 17.6 Å². The second kappa shape index (κ2) is 10.1. The van der Waals surface area contributed by atoms with E-state index in [0.717, 1.165) is 0 Å². The molecule has 0 aliphatic rings. The van der Waals surface area contributed by atoms with Crippen molar-refractivity contribution < 1.29 is 32.2 Å². The van der Waals surface area contributed by atoms with Crippen LogP contribution >= 0.6 is 0 Å². The molecule has 0 aliphatic heterocycles. The zero-order valence-corrected chi connectivity index (χ0v) is 17.5. The van der Waals surface area contributed by atoms with E-state index in [1.807, 2.05) is 0 Å². The third kappa shape index (κ3) is 7.43. The summed E-state index contributed by atoms with van der Waals surface area (Å²) >= 11 is 0. The van der Waals surface area contributed by atoms with Crippen molar-refractivity contribution in [2.45, 2.75) is 39.4 Å². The molecule has 11 heteroatoms. The number of hydrogen-bond acceptors (Lipinski definition) is 6. The van der Waals surface area contributed by atoms with E-state index in [2.05, 4.69) is 20.6 Å². The van der Waals surface area contributed by atoms with Gasteiger partial charge in [-0.2, -0.15) is 18.2 Å². The molecular formula is C20H23F3N4O4. The molecule has 1 unspecified atom stereocenters. The Labute approximate surface area is 177 Å². The Morgan fingerprint density at radius 3 is 2.52 bits per heavy atom. The number of aromatic nitrogens is 2. The highest BCUT2D eigenvalue weighted by Crippen LogP contribution is 2.24. The van der Waals surface area contributed by atoms with Gasteiger partial charge in [0.25, 0.3) is 5.91 Å². The number of nitrogens with one attached hydrogen (secondary N) is 2. The molecule has 2 aromatic heterocycles. The summed E-state index contributed by atoms with van der Waals surface area (Å²) in [6, 6.07) is 5.62. The van der Waals surface area contributed by atoms with Crippen LogP contribution in [0.1, 0.15) is 47.9 Å². The highest BCUT2D eigenvalue weighted by atomic mass is 19.4. The van der Waals surface area contributed by atoms with Crippen molar-refractivity contribution in [3.63, 3.8) is 0 Å². The number of alkyl halides is 3. The number of methoxy groups -OCH3 is 1. The summed E-state index contributed by atoms with van der Waals surface area (Å²) in [5.41, 5.74) is 1.45. The zero-order chi connectivity index (χ0) is 23.2. The SMILES string of the molecule is COc1nc(OCCC(F)(F)F)ccc1C(=O)NC(C)c1cc(C)nc(NC(C)=O)c1. The van der Waals surface area contributed by atoms with Gasteiger partial charge in [-0.1, -0.05) is 0 Å². The number of nitrogens with zero attached hydrogens (tertiary/aromatic N) is 2. The van der Waals surface area contributed by atoms with Crippen molar-refractivity contribution in [3.05, 3.63) is 41.1 Å². The third-order valence-corrected chi connectivity index (χ3v) is 4.04. The highest BCUT2D eigenvalue weighted by Gasteiger charge is 2.27. The lowest BCUT2D eigenvalue weighted by molar-refractivity contribution is -0.139. The highest BCUT2D eigenvalue weighted by molar-refractivity contribution is 5.96. The van der Waals surface area contributed by atoms with Gasteiger partial charge < -0.3 is 20.1 Å². The number of rotatable bonds is 8. The Balaban J connectivity index is 2.12. The first-order chi connectivity index (χ1) is 14.5. The molecular weight excluding hydrogens is 417 g/mol. The van der Waals surface area contributed by atoms with Crippen LogP contribution in [0.4, 0.5) is 19.0 Å². The molecule has 2 amide bonds. The fraction of sp³-hybridized carbons (Fsp3) is 0.400. The van der Waals surface area contributed by atoms with Crippen molar-refractivity contribution in [1.29, 1.82) is 0 Å². The molecule has 2 aromatic rings. The van der Waals surface area contributed by atoms with E-state index >= 15 is 0 Å². The number of amides is 2. The molecule has 0 saturated carbocycles. The summed E-state index contributed by atoms with van der Waals surface area (Å²) < 4.78 is 46.8. The van der Waals surface area contributed by atoms with Crippen LogP contribution < -0.4 is 20.1 Å². The first-order valence-corrected chi connectivity index (χ1v) is 9.30. The second-order valence-corrected chi connectivity index (χ2v) is 6.72. The molecule has 8 nitrogen and oxygen atoms in total. The van der Waals surface area contributed by atoms with Gasteiger partial charge in [0, 0.05) is 18.7 Å². The van der Waals surface area contributed by atoms with Gasteiger partial charge in [-0.3, -0.25) is 9.59 Å². The molecule has 0 radical (unpaired) electrons. The average Bonchev–Trinajstić information content (AvgIpc) is 2.65. The van der Waals surface area contributed by atoms with E-state index < -0.39 is 31.2 Å². The molecule has 0 aromatic carbocycles. The number of carbonyl (C=O) groups is 2. The number of carbonyl (C=O) groups excluding carboxylic acids is 2. The summed E-state index contributed by atoms with van der Waals surface area (Å²) in [7, 11) is 1.29. The summed E-state index contributed by atoms with van der Waals surface area (Å²) in [5.74, 6) is -0.582. The van der Waals surface area contributed by atoms with E-state index in [1.165, 1.54) is 26.2 Å². The second-order valence-electron chi connectivity index (χ2n) is 6.72. The molecule has 1 atom stereocenters. The van der Waals surface area contributed by atoms with E-state index in [4.69, 9.17) is 9.47 Å². The monoisotopic (exact) mass is 440 g/mol. The molecule has 168 valence electrons. The summed E-state index contributed by atoms with van der Waals surface area (Å²) in [6.45, 7) is 4.28. The molecule has 0 aliphatic carbocycles. The van der Waals surface area contributed by atoms with Crippen molar-refractivity contribution in [2.24, 2.45) is 0 Å². The Morgan fingerprint density at radius 1 is 1.19 bits per heavy atom. The van der Waals surface area contributed by atoms with E-state index in [9.17, 15) is 22.8 Å². The fourth-order valence-corrected chi connectivity index (χ4v) is 2.65. The molecule has 0 saturated heterocycles. The normalized spacial score (nSPS) is 12.1. The van der Waals surface area contributed by atoms with Crippen LogP contribution in [0, 0.1) is 6.92 Å². The lowest BCUT2D eigenvalue weighted by Gasteiger charge is -2.17. The van der Waals surface area contributed by atoms with Crippen LogP contribution in [0.3, 0.4) is 0 Å². The van der Waals surface area contributed by atoms with Crippen LogP contribution in [-0.2, 0) is 4.79 Å². The van der Waals surface area contributed by atoms with Gasteiger partial charge >= 0.3 is 6.18 Å². The predicted molar refractivity (Wildman–Crippen MR) is 106 cm³/mol. The molecule has 2 rings (SSSR count). The van der Waals surface area contributed by atoms with E-state index in [1.54, 1.807) is 26.0 Å². The Bertz CT molecular complexity index is 951. The van der Waals surface area contributed by atoms with E-state index in [0.29, 0.717) is 17.1 Å². The zero-order valence-electron chi connectivity index (χ0n) is 17.5. The topological polar surface area (TPSA) is 102 Å². The van der Waals surface area contributed by atoms with Crippen LogP contribution in [0.2, 0.25) is 0 Å². The maximum absolute atomic E-state index is 12.7. The number of aryl methyl sites for hydroxylation is 1. The van der Waals surface area contributed by atoms with Crippen molar-refractivity contribution in [2.75, 3.05) is 19.0 Å².